The summed E-state index contributed by atoms with van der Waals surface area (Å²) in [5.74, 6) is 0.564. The largest absolute Gasteiger partial charge is 0.302 e. The quantitative estimate of drug-likeness (QED) is 0.778. The molecule has 0 saturated carbocycles. The molecule has 0 bridgehead atoms. The fourth-order valence-electron chi connectivity index (χ4n) is 3.34. The van der Waals surface area contributed by atoms with Gasteiger partial charge in [0.2, 0.25) is 0 Å². The van der Waals surface area contributed by atoms with E-state index in [1.807, 2.05) is 0 Å². The van der Waals surface area contributed by atoms with Crippen LogP contribution in [-0.4, -0.2) is 19.0 Å². The lowest BCUT2D eigenvalue weighted by Gasteiger charge is -2.35. The second kappa shape index (κ2) is 6.43. The Labute approximate surface area is 128 Å². The summed E-state index contributed by atoms with van der Waals surface area (Å²) in [7, 11) is 4.37. The van der Waals surface area contributed by atoms with E-state index in [1.54, 1.807) is 0 Å². The maximum atomic E-state index is 2.35. The van der Waals surface area contributed by atoms with Crippen molar-refractivity contribution in [1.82, 2.24) is 4.90 Å². The highest BCUT2D eigenvalue weighted by molar-refractivity contribution is 5.85. The number of nitrogens with zero attached hydrogens (tertiary/aromatic N) is 1. The summed E-state index contributed by atoms with van der Waals surface area (Å²) in [6.45, 7) is 0. The first-order chi connectivity index (χ1) is 9.27. The molecular weight excluding hydrogens is 266 g/mol. The van der Waals surface area contributed by atoms with E-state index < -0.39 is 0 Å². The zero-order chi connectivity index (χ0) is 13.2. The van der Waals surface area contributed by atoms with Crippen LogP contribution in [0.25, 0.3) is 0 Å². The zero-order valence-corrected chi connectivity index (χ0v) is 12.9. The topological polar surface area (TPSA) is 3.24 Å². The van der Waals surface area contributed by atoms with Gasteiger partial charge in [-0.05, 0) is 43.6 Å². The molecule has 0 radical (unpaired) electrons. The van der Waals surface area contributed by atoms with Crippen LogP contribution in [0, 0.1) is 0 Å². The molecule has 0 N–H and O–H groups in total. The minimum absolute atomic E-state index is 0. The molecular formula is C18H22ClN. The third kappa shape index (κ3) is 2.74. The predicted octanol–water partition coefficient (Wildman–Crippen LogP) is 4.64. The van der Waals surface area contributed by atoms with E-state index in [4.69, 9.17) is 0 Å². The van der Waals surface area contributed by atoms with Gasteiger partial charge in [0.25, 0.3) is 0 Å². The van der Waals surface area contributed by atoms with Gasteiger partial charge in [0, 0.05) is 12.0 Å². The molecule has 1 unspecified atom stereocenters. The van der Waals surface area contributed by atoms with Crippen molar-refractivity contribution in [2.24, 2.45) is 0 Å². The first kappa shape index (κ1) is 15.1. The van der Waals surface area contributed by atoms with Crippen molar-refractivity contribution in [2.45, 2.75) is 24.8 Å². The Bertz CT molecular complexity index is 550. The molecule has 0 heterocycles. The van der Waals surface area contributed by atoms with Crippen molar-refractivity contribution in [1.29, 1.82) is 0 Å². The van der Waals surface area contributed by atoms with Gasteiger partial charge in [-0.15, -0.1) is 12.4 Å². The van der Waals surface area contributed by atoms with Gasteiger partial charge >= 0.3 is 0 Å². The summed E-state index contributed by atoms with van der Waals surface area (Å²) in [6.07, 6.45) is 2.48. The maximum Gasteiger partial charge on any atom is 0.0345 e. The van der Waals surface area contributed by atoms with Crippen LogP contribution in [0.1, 0.15) is 41.5 Å². The first-order valence-electron chi connectivity index (χ1n) is 7.07. The van der Waals surface area contributed by atoms with E-state index in [9.17, 15) is 0 Å². The monoisotopic (exact) mass is 287 g/mol. The third-order valence-corrected chi connectivity index (χ3v) is 4.28. The van der Waals surface area contributed by atoms with Crippen molar-refractivity contribution >= 4 is 12.4 Å². The molecule has 2 heteroatoms. The van der Waals surface area contributed by atoms with Crippen LogP contribution in [0.4, 0.5) is 0 Å². The molecule has 3 rings (SSSR count). The van der Waals surface area contributed by atoms with E-state index in [0.29, 0.717) is 12.0 Å². The predicted molar refractivity (Wildman–Crippen MR) is 87.6 cm³/mol. The molecule has 0 spiro atoms. The smallest absolute Gasteiger partial charge is 0.0345 e. The minimum Gasteiger partial charge on any atom is -0.302 e. The lowest BCUT2D eigenvalue weighted by molar-refractivity contribution is 0.263. The number of hydrogen-bond acceptors (Lipinski definition) is 1. The number of hydrogen-bond donors (Lipinski definition) is 0. The van der Waals surface area contributed by atoms with Gasteiger partial charge in [-0.25, -0.2) is 0 Å². The number of benzene rings is 2. The van der Waals surface area contributed by atoms with Gasteiger partial charge in [-0.1, -0.05) is 54.6 Å². The molecule has 2 aromatic carbocycles. The Morgan fingerprint density at radius 2 is 1.40 bits per heavy atom. The highest BCUT2D eigenvalue weighted by atomic mass is 35.5. The van der Waals surface area contributed by atoms with Gasteiger partial charge in [-0.3, -0.25) is 0 Å². The lowest BCUT2D eigenvalue weighted by Crippen LogP contribution is -2.26. The Morgan fingerprint density at radius 1 is 0.800 bits per heavy atom. The summed E-state index contributed by atoms with van der Waals surface area (Å²) in [4.78, 5) is 2.35. The van der Waals surface area contributed by atoms with Gasteiger partial charge in [0.05, 0.1) is 0 Å². The third-order valence-electron chi connectivity index (χ3n) is 4.28. The fourth-order valence-corrected chi connectivity index (χ4v) is 3.34. The first-order valence-corrected chi connectivity index (χ1v) is 7.07. The van der Waals surface area contributed by atoms with Crippen LogP contribution < -0.4 is 0 Å². The van der Waals surface area contributed by atoms with Crippen molar-refractivity contribution in [3.8, 4) is 0 Å². The summed E-state index contributed by atoms with van der Waals surface area (Å²) < 4.78 is 0. The van der Waals surface area contributed by atoms with Crippen LogP contribution in [0.5, 0.6) is 0 Å². The second-order valence-corrected chi connectivity index (χ2v) is 5.65. The molecule has 0 fully saturated rings. The van der Waals surface area contributed by atoms with Gasteiger partial charge in [0.15, 0.2) is 0 Å². The summed E-state index contributed by atoms with van der Waals surface area (Å²) in [5, 5.41) is 0. The molecule has 0 amide bonds. The van der Waals surface area contributed by atoms with Crippen LogP contribution in [-0.2, 0) is 0 Å². The summed E-state index contributed by atoms with van der Waals surface area (Å²) >= 11 is 0. The summed E-state index contributed by atoms with van der Waals surface area (Å²) in [6, 6.07) is 20.4. The molecule has 20 heavy (non-hydrogen) atoms. The van der Waals surface area contributed by atoms with Gasteiger partial charge < -0.3 is 4.90 Å². The van der Waals surface area contributed by atoms with Crippen molar-refractivity contribution in [2.75, 3.05) is 14.1 Å². The normalized spacial score (nSPS) is 21.1. The zero-order valence-electron chi connectivity index (χ0n) is 12.1. The molecule has 1 nitrogen and oxygen atoms in total. The van der Waals surface area contributed by atoms with E-state index >= 15 is 0 Å². The van der Waals surface area contributed by atoms with Crippen molar-refractivity contribution in [3.63, 3.8) is 0 Å². The molecule has 0 aliphatic heterocycles. The second-order valence-electron chi connectivity index (χ2n) is 5.65. The lowest BCUT2D eigenvalue weighted by atomic mass is 9.76. The van der Waals surface area contributed by atoms with E-state index in [1.165, 1.54) is 29.5 Å². The Hall–Kier alpha value is -1.31. The van der Waals surface area contributed by atoms with E-state index in [-0.39, 0.29) is 12.4 Å². The average molecular weight is 288 g/mol. The van der Waals surface area contributed by atoms with Crippen LogP contribution >= 0.6 is 12.4 Å². The Balaban J connectivity index is 0.00000147. The maximum absolute atomic E-state index is 2.35. The van der Waals surface area contributed by atoms with Crippen molar-refractivity contribution < 1.29 is 0 Å². The Kier molecular flexibility index (Phi) is 4.85. The van der Waals surface area contributed by atoms with Gasteiger partial charge in [0.1, 0.15) is 0 Å². The number of rotatable bonds is 2. The van der Waals surface area contributed by atoms with Crippen LogP contribution in [0.3, 0.4) is 0 Å². The standard InChI is InChI=1S/C18H21N.ClH/c1-19(2)18-13-12-15(14-8-4-3-5-9-14)16-10-6-7-11-17(16)18;/h3-11,15,18H,12-13H2,1-2H3;1H/t15?,18-;/m1./s1. The minimum atomic E-state index is 0. The van der Waals surface area contributed by atoms with E-state index in [0.717, 1.165) is 0 Å². The van der Waals surface area contributed by atoms with Crippen molar-refractivity contribution in [3.05, 3.63) is 71.3 Å². The summed E-state index contributed by atoms with van der Waals surface area (Å²) in [5.41, 5.74) is 4.47. The SMILES string of the molecule is CN(C)[C@@H]1CCC(c2ccccc2)c2ccccc21.Cl. The highest BCUT2D eigenvalue weighted by Gasteiger charge is 2.28. The average Bonchev–Trinajstić information content (AvgIpc) is 2.47. The molecule has 1 aliphatic carbocycles. The molecule has 2 atom stereocenters. The molecule has 0 aromatic heterocycles. The molecule has 2 aromatic rings. The van der Waals surface area contributed by atoms with E-state index in [2.05, 4.69) is 73.6 Å². The van der Waals surface area contributed by atoms with Gasteiger partial charge in [-0.2, -0.15) is 0 Å². The number of halogens is 1. The molecule has 1 aliphatic rings. The number of fused-ring (bicyclic) bond motifs is 1. The molecule has 0 saturated heterocycles. The highest BCUT2D eigenvalue weighted by Crippen LogP contribution is 2.42. The Morgan fingerprint density at radius 3 is 2.05 bits per heavy atom. The molecule has 106 valence electrons. The fraction of sp³-hybridized carbons (Fsp3) is 0.333. The van der Waals surface area contributed by atoms with Crippen LogP contribution in [0.15, 0.2) is 54.6 Å². The van der Waals surface area contributed by atoms with Crippen LogP contribution in [0.2, 0.25) is 0 Å².